The van der Waals surface area contributed by atoms with Crippen LogP contribution in [0.25, 0.3) is 11.5 Å². The molecule has 2 N–H and O–H groups in total. The second-order valence-electron chi connectivity index (χ2n) is 6.58. The molecule has 1 heterocycles. The number of nitrogens with zero attached hydrogens (tertiary/aromatic N) is 1. The van der Waals surface area contributed by atoms with Crippen molar-refractivity contribution in [3.8, 4) is 29.0 Å². The van der Waals surface area contributed by atoms with E-state index in [2.05, 4.69) is 27.5 Å². The number of carbonyl (C=O) groups excluding carboxylic acids is 2. The van der Waals surface area contributed by atoms with Crippen LogP contribution >= 0.6 is 0 Å². The summed E-state index contributed by atoms with van der Waals surface area (Å²) in [6, 6.07) is 16.6. The zero-order valence-electron chi connectivity index (χ0n) is 17.4. The number of hydrogen-bond donors (Lipinski definition) is 2. The predicted octanol–water partition coefficient (Wildman–Crippen LogP) is 3.70. The van der Waals surface area contributed by atoms with Crippen LogP contribution in [-0.4, -0.2) is 23.4 Å². The summed E-state index contributed by atoms with van der Waals surface area (Å²) in [4.78, 5) is 28.4. The van der Waals surface area contributed by atoms with Crippen LogP contribution in [0.5, 0.6) is 5.75 Å². The number of para-hydroxylation sites is 2. The molecule has 7 heteroatoms. The molecule has 0 atom stereocenters. The van der Waals surface area contributed by atoms with Gasteiger partial charge < -0.3 is 19.8 Å². The lowest BCUT2D eigenvalue weighted by Gasteiger charge is -2.09. The van der Waals surface area contributed by atoms with Crippen molar-refractivity contribution in [2.75, 3.05) is 11.9 Å². The van der Waals surface area contributed by atoms with E-state index in [1.54, 1.807) is 19.9 Å². The molecule has 3 aromatic rings. The first-order valence-corrected chi connectivity index (χ1v) is 9.81. The first-order valence-electron chi connectivity index (χ1n) is 9.81. The van der Waals surface area contributed by atoms with Crippen LogP contribution < -0.4 is 15.4 Å². The van der Waals surface area contributed by atoms with Crippen molar-refractivity contribution in [1.82, 2.24) is 10.3 Å². The summed E-state index contributed by atoms with van der Waals surface area (Å²) >= 11 is 0. The number of carbonyl (C=O) groups is 2. The number of benzene rings is 2. The molecule has 0 saturated carbocycles. The Morgan fingerprint density at radius 1 is 1.10 bits per heavy atom. The van der Waals surface area contributed by atoms with E-state index in [4.69, 9.17) is 9.15 Å². The second kappa shape index (κ2) is 10.6. The Balaban J connectivity index is 1.64. The highest BCUT2D eigenvalue weighted by molar-refractivity contribution is 5.94. The Kier molecular flexibility index (Phi) is 7.44. The number of rotatable bonds is 8. The van der Waals surface area contributed by atoms with Gasteiger partial charge in [-0.3, -0.25) is 9.59 Å². The summed E-state index contributed by atoms with van der Waals surface area (Å²) in [5.74, 6) is 6.06. The Hall–Kier alpha value is -4.05. The molecule has 3 rings (SSSR count). The zero-order valence-corrected chi connectivity index (χ0v) is 17.4. The molecular weight excluding hydrogens is 394 g/mol. The Morgan fingerprint density at radius 3 is 2.61 bits per heavy atom. The van der Waals surface area contributed by atoms with Crippen LogP contribution in [0, 0.1) is 18.8 Å². The lowest BCUT2D eigenvalue weighted by molar-refractivity contribution is -0.117. The lowest BCUT2D eigenvalue weighted by Crippen LogP contribution is -2.21. The third-order valence-corrected chi connectivity index (χ3v) is 4.32. The maximum absolute atomic E-state index is 12.4. The molecular formula is C24H23N3O4. The zero-order chi connectivity index (χ0) is 22.1. The first kappa shape index (κ1) is 21.7. The van der Waals surface area contributed by atoms with Crippen molar-refractivity contribution >= 4 is 17.5 Å². The number of aromatic nitrogens is 1. The molecule has 0 aliphatic rings. The van der Waals surface area contributed by atoms with E-state index >= 15 is 0 Å². The average molecular weight is 417 g/mol. The second-order valence-corrected chi connectivity index (χ2v) is 6.58. The summed E-state index contributed by atoms with van der Waals surface area (Å²) in [6.07, 6.45) is 0.198. The molecule has 0 saturated heterocycles. The van der Waals surface area contributed by atoms with Gasteiger partial charge in [-0.05, 0) is 44.0 Å². The standard InChI is InChI=1S/C24H23N3O4/c1-3-9-22(28)25-16-21-17(2)31-24(27-21)19-12-7-8-13-20(19)26-23(29)14-15-30-18-10-5-4-6-11-18/h4-8,10-13H,14-16H2,1-2H3,(H,25,28)(H,26,29). The number of ether oxygens (including phenoxy) is 1. The van der Waals surface area contributed by atoms with Crippen LogP contribution in [-0.2, 0) is 16.1 Å². The first-order chi connectivity index (χ1) is 15.1. The summed E-state index contributed by atoms with van der Waals surface area (Å²) in [5.41, 5.74) is 1.83. The highest BCUT2D eigenvalue weighted by atomic mass is 16.5. The number of hydrogen-bond acceptors (Lipinski definition) is 5. The minimum absolute atomic E-state index is 0.183. The fourth-order valence-corrected chi connectivity index (χ4v) is 2.80. The molecule has 2 amide bonds. The van der Waals surface area contributed by atoms with E-state index in [0.29, 0.717) is 28.6 Å². The number of aryl methyl sites for hydroxylation is 1. The van der Waals surface area contributed by atoms with Crippen molar-refractivity contribution in [2.24, 2.45) is 0 Å². The number of nitrogens with one attached hydrogen (secondary N) is 2. The molecule has 0 unspecified atom stereocenters. The van der Waals surface area contributed by atoms with Gasteiger partial charge in [-0.2, -0.15) is 0 Å². The van der Waals surface area contributed by atoms with Gasteiger partial charge in [0.1, 0.15) is 17.2 Å². The van der Waals surface area contributed by atoms with Crippen LogP contribution in [0.3, 0.4) is 0 Å². The van der Waals surface area contributed by atoms with Crippen molar-refractivity contribution in [3.05, 3.63) is 66.1 Å². The normalized spacial score (nSPS) is 10.0. The molecule has 0 aliphatic heterocycles. The summed E-state index contributed by atoms with van der Waals surface area (Å²) in [6.45, 7) is 3.83. The maximum Gasteiger partial charge on any atom is 0.296 e. The summed E-state index contributed by atoms with van der Waals surface area (Å²) < 4.78 is 11.4. The van der Waals surface area contributed by atoms with Gasteiger partial charge in [-0.25, -0.2) is 4.98 Å². The Bertz CT molecular complexity index is 1110. The molecule has 31 heavy (non-hydrogen) atoms. The summed E-state index contributed by atoms with van der Waals surface area (Å²) in [7, 11) is 0. The number of oxazole rings is 1. The highest BCUT2D eigenvalue weighted by Gasteiger charge is 2.16. The smallest absolute Gasteiger partial charge is 0.296 e. The van der Waals surface area contributed by atoms with Crippen LogP contribution in [0.1, 0.15) is 24.8 Å². The average Bonchev–Trinajstić information content (AvgIpc) is 3.14. The van der Waals surface area contributed by atoms with E-state index in [1.807, 2.05) is 48.5 Å². The van der Waals surface area contributed by atoms with Crippen LogP contribution in [0.2, 0.25) is 0 Å². The summed E-state index contributed by atoms with van der Waals surface area (Å²) in [5, 5.41) is 5.55. The van der Waals surface area contributed by atoms with Crippen molar-refractivity contribution in [3.63, 3.8) is 0 Å². The predicted molar refractivity (Wildman–Crippen MR) is 117 cm³/mol. The van der Waals surface area contributed by atoms with Gasteiger partial charge in [0.25, 0.3) is 5.91 Å². The van der Waals surface area contributed by atoms with Crippen LogP contribution in [0.15, 0.2) is 59.0 Å². The fourth-order valence-electron chi connectivity index (χ4n) is 2.80. The van der Waals surface area contributed by atoms with Crippen LogP contribution in [0.4, 0.5) is 5.69 Å². The van der Waals surface area contributed by atoms with E-state index in [-0.39, 0.29) is 31.4 Å². The Morgan fingerprint density at radius 2 is 1.84 bits per heavy atom. The van der Waals surface area contributed by atoms with Gasteiger partial charge in [0, 0.05) is 0 Å². The quantitative estimate of drug-likeness (QED) is 0.545. The van der Waals surface area contributed by atoms with Gasteiger partial charge in [0.2, 0.25) is 11.8 Å². The molecule has 0 spiro atoms. The molecule has 7 nitrogen and oxygen atoms in total. The molecule has 0 fully saturated rings. The third kappa shape index (κ3) is 6.21. The van der Waals surface area contributed by atoms with Crippen molar-refractivity contribution < 1.29 is 18.7 Å². The number of amides is 2. The van der Waals surface area contributed by atoms with Gasteiger partial charge in [0.05, 0.1) is 30.8 Å². The topological polar surface area (TPSA) is 93.5 Å². The van der Waals surface area contributed by atoms with Gasteiger partial charge in [0.15, 0.2) is 0 Å². The van der Waals surface area contributed by atoms with Crippen molar-refractivity contribution in [2.45, 2.75) is 26.8 Å². The minimum Gasteiger partial charge on any atom is -0.493 e. The molecule has 1 aromatic heterocycles. The molecule has 2 aromatic carbocycles. The molecule has 0 radical (unpaired) electrons. The van der Waals surface area contributed by atoms with Crippen molar-refractivity contribution in [1.29, 1.82) is 0 Å². The molecule has 158 valence electrons. The van der Waals surface area contributed by atoms with Gasteiger partial charge in [-0.1, -0.05) is 36.3 Å². The number of anilines is 1. The SMILES string of the molecule is CC#CC(=O)NCc1nc(-c2ccccc2NC(=O)CCOc2ccccc2)oc1C. The van der Waals surface area contributed by atoms with E-state index in [9.17, 15) is 9.59 Å². The minimum atomic E-state index is -0.378. The van der Waals surface area contributed by atoms with E-state index < -0.39 is 0 Å². The van der Waals surface area contributed by atoms with Gasteiger partial charge in [-0.15, -0.1) is 0 Å². The fraction of sp³-hybridized carbons (Fsp3) is 0.208. The van der Waals surface area contributed by atoms with E-state index in [1.165, 1.54) is 0 Å². The van der Waals surface area contributed by atoms with Gasteiger partial charge >= 0.3 is 0 Å². The largest absolute Gasteiger partial charge is 0.493 e. The molecule has 0 aliphatic carbocycles. The Labute approximate surface area is 180 Å². The maximum atomic E-state index is 12.4. The molecule has 0 bridgehead atoms. The highest BCUT2D eigenvalue weighted by Crippen LogP contribution is 2.29. The lowest BCUT2D eigenvalue weighted by atomic mass is 10.1. The third-order valence-electron chi connectivity index (χ3n) is 4.32. The monoisotopic (exact) mass is 417 g/mol. The van der Waals surface area contributed by atoms with E-state index in [0.717, 1.165) is 5.75 Å².